The van der Waals surface area contributed by atoms with Gasteiger partial charge in [-0.15, -0.1) is 6.58 Å². The summed E-state index contributed by atoms with van der Waals surface area (Å²) in [6, 6.07) is 15.0. The number of nitrogens with one attached hydrogen (secondary N) is 1. The molecule has 0 saturated heterocycles. The molecule has 0 fully saturated rings. The SMILES string of the molecule is C=CCc1cc(/C=C(/C#N)C(=O)Nc2nc(S(C)(=O)=O)ns2)cc(OC)c1OCc1ccccc1. The molecule has 0 unspecified atom stereocenters. The van der Waals surface area contributed by atoms with Crippen LogP contribution in [0.5, 0.6) is 11.5 Å². The highest BCUT2D eigenvalue weighted by molar-refractivity contribution is 7.90. The van der Waals surface area contributed by atoms with E-state index in [9.17, 15) is 18.5 Å². The molecule has 11 heteroatoms. The van der Waals surface area contributed by atoms with E-state index in [1.807, 2.05) is 36.4 Å². The summed E-state index contributed by atoms with van der Waals surface area (Å²) >= 11 is 0.703. The Hall–Kier alpha value is -4.01. The van der Waals surface area contributed by atoms with Crippen LogP contribution in [0.3, 0.4) is 0 Å². The van der Waals surface area contributed by atoms with Crippen LogP contribution >= 0.6 is 11.5 Å². The average Bonchev–Trinajstić information content (AvgIpc) is 3.31. The van der Waals surface area contributed by atoms with E-state index < -0.39 is 20.9 Å². The van der Waals surface area contributed by atoms with Crippen molar-refractivity contribution in [1.29, 1.82) is 5.26 Å². The van der Waals surface area contributed by atoms with Gasteiger partial charge in [0.05, 0.1) is 7.11 Å². The van der Waals surface area contributed by atoms with Crippen LogP contribution in [0.2, 0.25) is 0 Å². The number of sulfone groups is 1. The van der Waals surface area contributed by atoms with E-state index in [2.05, 4.69) is 21.3 Å². The van der Waals surface area contributed by atoms with Crippen molar-refractivity contribution in [2.75, 3.05) is 18.7 Å². The Balaban J connectivity index is 1.88. The Morgan fingerprint density at radius 3 is 2.63 bits per heavy atom. The monoisotopic (exact) mass is 510 g/mol. The summed E-state index contributed by atoms with van der Waals surface area (Å²) in [6.45, 7) is 4.12. The van der Waals surface area contributed by atoms with Crippen LogP contribution in [0.15, 0.2) is 65.8 Å². The first-order valence-electron chi connectivity index (χ1n) is 10.2. The number of rotatable bonds is 10. The molecule has 1 N–H and O–H groups in total. The number of hydrogen-bond donors (Lipinski definition) is 1. The molecule has 0 atom stereocenters. The van der Waals surface area contributed by atoms with E-state index in [4.69, 9.17) is 9.47 Å². The van der Waals surface area contributed by atoms with Crippen molar-refractivity contribution in [3.8, 4) is 17.6 Å². The van der Waals surface area contributed by atoms with Gasteiger partial charge >= 0.3 is 0 Å². The smallest absolute Gasteiger partial charge is 0.268 e. The lowest BCUT2D eigenvalue weighted by Gasteiger charge is -2.16. The summed E-state index contributed by atoms with van der Waals surface area (Å²) in [7, 11) is -2.11. The fourth-order valence-corrected chi connectivity index (χ4v) is 4.45. The van der Waals surface area contributed by atoms with E-state index in [0.717, 1.165) is 17.4 Å². The Morgan fingerprint density at radius 2 is 2.03 bits per heavy atom. The summed E-state index contributed by atoms with van der Waals surface area (Å²) in [5.41, 5.74) is 2.07. The number of hydrogen-bond acceptors (Lipinski definition) is 9. The lowest BCUT2D eigenvalue weighted by molar-refractivity contribution is -0.112. The van der Waals surface area contributed by atoms with Crippen molar-refractivity contribution in [2.45, 2.75) is 18.2 Å². The molecule has 3 rings (SSSR count). The zero-order valence-electron chi connectivity index (χ0n) is 19.0. The van der Waals surface area contributed by atoms with Gasteiger partial charge in [0.2, 0.25) is 15.0 Å². The highest BCUT2D eigenvalue weighted by Crippen LogP contribution is 2.35. The molecule has 0 spiro atoms. The summed E-state index contributed by atoms with van der Waals surface area (Å²) in [4.78, 5) is 16.4. The van der Waals surface area contributed by atoms with Crippen LogP contribution in [-0.2, 0) is 27.7 Å². The molecule has 1 amide bonds. The number of methoxy groups -OCH3 is 1. The molecule has 35 heavy (non-hydrogen) atoms. The topological polar surface area (TPSA) is 131 Å². The van der Waals surface area contributed by atoms with Gasteiger partial charge in [0.15, 0.2) is 11.5 Å². The largest absolute Gasteiger partial charge is 0.493 e. The minimum Gasteiger partial charge on any atom is -0.493 e. The maximum atomic E-state index is 12.6. The maximum Gasteiger partial charge on any atom is 0.268 e. The standard InChI is InChI=1S/C24H22N4O5S2/c1-4-8-18-11-17(13-20(32-2)21(18)33-15-16-9-6-5-7-10-16)12-19(14-25)22(29)26-23-27-24(28-34-23)35(3,30)31/h4-7,9-13H,1,8,15H2,2-3H3,(H,26,27,28,29)/b19-12-. The molecule has 0 saturated carbocycles. The molecule has 3 aromatic rings. The highest BCUT2D eigenvalue weighted by atomic mass is 32.2. The van der Waals surface area contributed by atoms with Crippen LogP contribution in [0.25, 0.3) is 6.08 Å². The minimum atomic E-state index is -3.61. The average molecular weight is 511 g/mol. The molecule has 0 aliphatic carbocycles. The fraction of sp³-hybridized carbons (Fsp3) is 0.167. The third kappa shape index (κ3) is 6.75. The molecular weight excluding hydrogens is 488 g/mol. The zero-order chi connectivity index (χ0) is 25.4. The number of aromatic nitrogens is 2. The number of allylic oxidation sites excluding steroid dienone is 1. The minimum absolute atomic E-state index is 0.0360. The van der Waals surface area contributed by atoms with Crippen LogP contribution in [0.1, 0.15) is 16.7 Å². The molecule has 0 bridgehead atoms. The second kappa shape index (κ2) is 11.4. The highest BCUT2D eigenvalue weighted by Gasteiger charge is 2.18. The quantitative estimate of drug-likeness (QED) is 0.247. The number of ether oxygens (including phenoxy) is 2. The molecule has 9 nitrogen and oxygen atoms in total. The number of amides is 1. The summed E-state index contributed by atoms with van der Waals surface area (Å²) < 4.78 is 38.3. The molecule has 1 aromatic heterocycles. The molecule has 180 valence electrons. The van der Waals surface area contributed by atoms with Crippen molar-refractivity contribution >= 4 is 38.5 Å². The number of anilines is 1. The molecule has 0 aliphatic rings. The summed E-state index contributed by atoms with van der Waals surface area (Å²) in [6.07, 6.45) is 4.53. The van der Waals surface area contributed by atoms with Gasteiger partial charge in [-0.05, 0) is 35.8 Å². The Kier molecular flexibility index (Phi) is 8.35. The van der Waals surface area contributed by atoms with Crippen LogP contribution < -0.4 is 14.8 Å². The van der Waals surface area contributed by atoms with Gasteiger partial charge in [-0.1, -0.05) is 36.4 Å². The number of carbonyl (C=O) groups is 1. The first kappa shape index (κ1) is 25.6. The number of benzene rings is 2. The van der Waals surface area contributed by atoms with Crippen molar-refractivity contribution in [1.82, 2.24) is 9.36 Å². The van der Waals surface area contributed by atoms with E-state index in [-0.39, 0.29) is 10.7 Å². The van der Waals surface area contributed by atoms with Gasteiger partial charge in [0.1, 0.15) is 18.2 Å². The first-order valence-corrected chi connectivity index (χ1v) is 12.9. The first-order chi connectivity index (χ1) is 16.7. The van der Waals surface area contributed by atoms with Crippen molar-refractivity contribution in [3.63, 3.8) is 0 Å². The van der Waals surface area contributed by atoms with Gasteiger partial charge in [-0.25, -0.2) is 8.42 Å². The van der Waals surface area contributed by atoms with Gasteiger partial charge in [0, 0.05) is 23.4 Å². The Labute approximate surface area is 207 Å². The number of nitrogens with zero attached hydrogens (tertiary/aromatic N) is 3. The van der Waals surface area contributed by atoms with Crippen molar-refractivity contribution in [3.05, 3.63) is 77.4 Å². The molecule has 0 aliphatic heterocycles. The Morgan fingerprint density at radius 1 is 1.29 bits per heavy atom. The van der Waals surface area contributed by atoms with E-state index in [1.54, 1.807) is 18.2 Å². The maximum absolute atomic E-state index is 12.6. The Bertz CT molecular complexity index is 1410. The summed E-state index contributed by atoms with van der Waals surface area (Å²) in [5, 5.41) is 11.5. The van der Waals surface area contributed by atoms with Gasteiger partial charge in [0.25, 0.3) is 11.1 Å². The van der Waals surface area contributed by atoms with Crippen LogP contribution in [0.4, 0.5) is 5.13 Å². The lowest BCUT2D eigenvalue weighted by Crippen LogP contribution is -2.13. The van der Waals surface area contributed by atoms with Crippen molar-refractivity contribution < 1.29 is 22.7 Å². The van der Waals surface area contributed by atoms with E-state index in [1.165, 1.54) is 13.2 Å². The molecule has 2 aromatic carbocycles. The van der Waals surface area contributed by atoms with Crippen molar-refractivity contribution in [2.24, 2.45) is 0 Å². The molecule has 1 heterocycles. The third-order valence-corrected chi connectivity index (χ3v) is 6.19. The van der Waals surface area contributed by atoms with Crippen LogP contribution in [-0.4, -0.2) is 37.0 Å². The molecule has 0 radical (unpaired) electrons. The summed E-state index contributed by atoms with van der Waals surface area (Å²) in [5.74, 6) is 0.224. The van der Waals surface area contributed by atoms with Gasteiger partial charge in [-0.2, -0.15) is 14.6 Å². The second-order valence-corrected chi connectivity index (χ2v) is 9.92. The van der Waals surface area contributed by atoms with Gasteiger partial charge in [-0.3, -0.25) is 10.1 Å². The number of carbonyl (C=O) groups excluding carboxylic acids is 1. The zero-order valence-corrected chi connectivity index (χ0v) is 20.6. The van der Waals surface area contributed by atoms with Crippen LogP contribution in [0, 0.1) is 11.3 Å². The number of nitriles is 1. The van der Waals surface area contributed by atoms with E-state index >= 15 is 0 Å². The lowest BCUT2D eigenvalue weighted by atomic mass is 10.0. The van der Waals surface area contributed by atoms with Gasteiger partial charge < -0.3 is 9.47 Å². The third-order valence-electron chi connectivity index (χ3n) is 4.60. The fourth-order valence-electron chi connectivity index (χ4n) is 3.01. The van der Waals surface area contributed by atoms with E-state index in [0.29, 0.717) is 41.6 Å². The predicted octanol–water partition coefficient (Wildman–Crippen LogP) is 3.80. The predicted molar refractivity (Wildman–Crippen MR) is 133 cm³/mol. The normalized spacial score (nSPS) is 11.4. The molecular formula is C24H22N4O5S2. The second-order valence-electron chi connectivity index (χ2n) is 7.26.